The van der Waals surface area contributed by atoms with Gasteiger partial charge in [0.15, 0.2) is 0 Å². The number of anilines is 2. The van der Waals surface area contributed by atoms with E-state index in [-0.39, 0.29) is 30.2 Å². The van der Waals surface area contributed by atoms with Gasteiger partial charge in [-0.05, 0) is 37.6 Å². The molecule has 2 aromatic carbocycles. The molecule has 1 amide bonds. The van der Waals surface area contributed by atoms with Gasteiger partial charge in [-0.15, -0.1) is 0 Å². The Labute approximate surface area is 169 Å². The molecular formula is C22H22N4O3. The Kier molecular flexibility index (Phi) is 6.52. The number of rotatable bonds is 7. The van der Waals surface area contributed by atoms with Gasteiger partial charge in [-0.3, -0.25) is 4.79 Å². The Morgan fingerprint density at radius 2 is 1.76 bits per heavy atom. The molecule has 7 nitrogen and oxygen atoms in total. The van der Waals surface area contributed by atoms with Crippen LogP contribution in [-0.2, 0) is 4.74 Å². The Hall–Kier alpha value is -3.74. The van der Waals surface area contributed by atoms with Gasteiger partial charge in [-0.25, -0.2) is 14.8 Å². The summed E-state index contributed by atoms with van der Waals surface area (Å²) in [6.45, 7) is 3.93. The van der Waals surface area contributed by atoms with Crippen molar-refractivity contribution in [3.8, 4) is 0 Å². The average Bonchev–Trinajstić information content (AvgIpc) is 2.75. The van der Waals surface area contributed by atoms with E-state index in [1.807, 2.05) is 37.3 Å². The largest absolute Gasteiger partial charge is 0.462 e. The number of ether oxygens (including phenoxy) is 1. The molecule has 0 saturated heterocycles. The van der Waals surface area contributed by atoms with Gasteiger partial charge in [0.25, 0.3) is 5.91 Å². The van der Waals surface area contributed by atoms with Gasteiger partial charge < -0.3 is 15.4 Å². The number of hydrogen-bond donors (Lipinski definition) is 2. The third-order valence-electron chi connectivity index (χ3n) is 4.20. The molecule has 0 bridgehead atoms. The van der Waals surface area contributed by atoms with Crippen LogP contribution in [0.4, 0.5) is 11.6 Å². The summed E-state index contributed by atoms with van der Waals surface area (Å²) in [7, 11) is 0. The lowest BCUT2D eigenvalue weighted by atomic mass is 10.1. The number of amides is 1. The van der Waals surface area contributed by atoms with Crippen molar-refractivity contribution in [2.45, 2.75) is 19.9 Å². The minimum atomic E-state index is -0.443. The smallest absolute Gasteiger partial charge is 0.340 e. The minimum Gasteiger partial charge on any atom is -0.462 e. The first-order valence-electron chi connectivity index (χ1n) is 9.30. The van der Waals surface area contributed by atoms with Crippen LogP contribution in [0.2, 0.25) is 0 Å². The summed E-state index contributed by atoms with van der Waals surface area (Å²) in [4.78, 5) is 33.1. The molecule has 0 spiro atoms. The van der Waals surface area contributed by atoms with E-state index in [0.717, 1.165) is 5.56 Å². The summed E-state index contributed by atoms with van der Waals surface area (Å²) < 4.78 is 5.07. The number of carbonyl (C=O) groups is 2. The van der Waals surface area contributed by atoms with E-state index in [1.54, 1.807) is 31.2 Å². The number of benzene rings is 2. The number of para-hydroxylation sites is 1. The molecule has 3 aromatic rings. The topological polar surface area (TPSA) is 93.2 Å². The van der Waals surface area contributed by atoms with E-state index in [4.69, 9.17) is 4.74 Å². The molecule has 1 unspecified atom stereocenters. The minimum absolute atomic E-state index is 0.167. The van der Waals surface area contributed by atoms with E-state index >= 15 is 0 Å². The summed E-state index contributed by atoms with van der Waals surface area (Å²) in [6.07, 6.45) is 1.49. The van der Waals surface area contributed by atoms with Gasteiger partial charge in [0.2, 0.25) is 5.95 Å². The molecule has 3 rings (SSSR count). The molecule has 0 radical (unpaired) electrons. The summed E-state index contributed by atoms with van der Waals surface area (Å²) in [5, 5.41) is 5.91. The van der Waals surface area contributed by atoms with Gasteiger partial charge in [0, 0.05) is 6.20 Å². The van der Waals surface area contributed by atoms with Gasteiger partial charge in [0.1, 0.15) is 5.69 Å². The van der Waals surface area contributed by atoms with Crippen molar-refractivity contribution in [3.63, 3.8) is 0 Å². The first kappa shape index (κ1) is 20.0. The van der Waals surface area contributed by atoms with E-state index < -0.39 is 5.97 Å². The van der Waals surface area contributed by atoms with Crippen LogP contribution < -0.4 is 10.6 Å². The molecule has 2 N–H and O–H groups in total. The zero-order valence-corrected chi connectivity index (χ0v) is 16.3. The maximum Gasteiger partial charge on any atom is 0.340 e. The Bertz CT molecular complexity index is 992. The number of nitrogens with one attached hydrogen (secondary N) is 2. The van der Waals surface area contributed by atoms with Gasteiger partial charge >= 0.3 is 5.97 Å². The molecule has 1 atom stereocenters. The summed E-state index contributed by atoms with van der Waals surface area (Å²) in [5.74, 6) is -0.548. The SMILES string of the molecule is CCOC(=O)c1ccccc1Nc1nccc(C(=O)NC(C)c2ccccc2)n1. The normalized spacial score (nSPS) is 11.4. The van der Waals surface area contributed by atoms with Crippen LogP contribution in [0.15, 0.2) is 66.9 Å². The molecule has 1 aromatic heterocycles. The third kappa shape index (κ3) is 5.16. The quantitative estimate of drug-likeness (QED) is 0.595. The lowest BCUT2D eigenvalue weighted by molar-refractivity contribution is 0.0527. The van der Waals surface area contributed by atoms with Crippen LogP contribution in [0.25, 0.3) is 0 Å². The third-order valence-corrected chi connectivity index (χ3v) is 4.20. The predicted molar refractivity (Wildman–Crippen MR) is 110 cm³/mol. The van der Waals surface area contributed by atoms with Crippen molar-refractivity contribution in [1.29, 1.82) is 0 Å². The second-order valence-corrected chi connectivity index (χ2v) is 6.26. The lowest BCUT2D eigenvalue weighted by Gasteiger charge is -2.14. The van der Waals surface area contributed by atoms with Crippen molar-refractivity contribution in [2.75, 3.05) is 11.9 Å². The molecule has 0 fully saturated rings. The van der Waals surface area contributed by atoms with E-state index in [2.05, 4.69) is 20.6 Å². The van der Waals surface area contributed by atoms with Gasteiger partial charge in [-0.2, -0.15) is 0 Å². The molecule has 0 aliphatic heterocycles. The fourth-order valence-corrected chi connectivity index (χ4v) is 2.74. The van der Waals surface area contributed by atoms with E-state index in [9.17, 15) is 9.59 Å². The molecule has 29 heavy (non-hydrogen) atoms. The van der Waals surface area contributed by atoms with Crippen molar-refractivity contribution in [1.82, 2.24) is 15.3 Å². The summed E-state index contributed by atoms with van der Waals surface area (Å²) >= 11 is 0. The standard InChI is InChI=1S/C22H22N4O3/c1-3-29-21(28)17-11-7-8-12-18(17)25-22-23-14-13-19(26-22)20(27)24-15(2)16-9-5-4-6-10-16/h4-15H,3H2,1-2H3,(H,24,27)(H,23,25,26). The van der Waals surface area contributed by atoms with Crippen LogP contribution in [0.3, 0.4) is 0 Å². The van der Waals surface area contributed by atoms with Crippen LogP contribution in [0.5, 0.6) is 0 Å². The zero-order valence-electron chi connectivity index (χ0n) is 16.3. The number of carbonyl (C=O) groups excluding carboxylic acids is 2. The Balaban J connectivity index is 1.75. The highest BCUT2D eigenvalue weighted by Gasteiger charge is 2.15. The van der Waals surface area contributed by atoms with Gasteiger partial charge in [-0.1, -0.05) is 42.5 Å². The van der Waals surface area contributed by atoms with Crippen molar-refractivity contribution in [2.24, 2.45) is 0 Å². The predicted octanol–water partition coefficient (Wildman–Crippen LogP) is 3.89. The monoisotopic (exact) mass is 390 g/mol. The number of hydrogen-bond acceptors (Lipinski definition) is 6. The second-order valence-electron chi connectivity index (χ2n) is 6.26. The second kappa shape index (κ2) is 9.45. The Morgan fingerprint density at radius 3 is 2.52 bits per heavy atom. The maximum atomic E-state index is 12.6. The molecule has 0 aliphatic rings. The summed E-state index contributed by atoms with van der Waals surface area (Å²) in [5.41, 5.74) is 2.09. The number of nitrogens with zero attached hydrogens (tertiary/aromatic N) is 2. The highest BCUT2D eigenvalue weighted by atomic mass is 16.5. The molecule has 0 saturated carbocycles. The number of aromatic nitrogens is 2. The van der Waals surface area contributed by atoms with Crippen LogP contribution >= 0.6 is 0 Å². The van der Waals surface area contributed by atoms with Crippen molar-refractivity contribution < 1.29 is 14.3 Å². The molecule has 1 heterocycles. The first-order valence-corrected chi connectivity index (χ1v) is 9.30. The van der Waals surface area contributed by atoms with Crippen LogP contribution in [0, 0.1) is 0 Å². The fourth-order valence-electron chi connectivity index (χ4n) is 2.74. The Morgan fingerprint density at radius 1 is 1.03 bits per heavy atom. The number of esters is 1. The molecule has 7 heteroatoms. The van der Waals surface area contributed by atoms with E-state index in [0.29, 0.717) is 11.3 Å². The maximum absolute atomic E-state index is 12.6. The highest BCUT2D eigenvalue weighted by molar-refractivity contribution is 5.96. The van der Waals surface area contributed by atoms with Crippen LogP contribution in [-0.4, -0.2) is 28.5 Å². The van der Waals surface area contributed by atoms with E-state index in [1.165, 1.54) is 12.3 Å². The first-order chi connectivity index (χ1) is 14.1. The molecule has 148 valence electrons. The van der Waals surface area contributed by atoms with Crippen molar-refractivity contribution in [3.05, 3.63) is 83.7 Å². The molecule has 0 aliphatic carbocycles. The van der Waals surface area contributed by atoms with Crippen molar-refractivity contribution >= 4 is 23.5 Å². The fraction of sp³-hybridized carbons (Fsp3) is 0.182. The van der Waals surface area contributed by atoms with Gasteiger partial charge in [0.05, 0.1) is 23.9 Å². The molecular weight excluding hydrogens is 368 g/mol. The van der Waals surface area contributed by atoms with Crippen LogP contribution in [0.1, 0.15) is 46.3 Å². The summed E-state index contributed by atoms with van der Waals surface area (Å²) in [6, 6.07) is 17.9. The average molecular weight is 390 g/mol. The lowest BCUT2D eigenvalue weighted by Crippen LogP contribution is -2.27. The highest BCUT2D eigenvalue weighted by Crippen LogP contribution is 2.20. The zero-order chi connectivity index (χ0) is 20.6.